The number of sulfonamides is 1. The molecule has 0 bridgehead atoms. The first-order valence-corrected chi connectivity index (χ1v) is 8.82. The van der Waals surface area contributed by atoms with E-state index < -0.39 is 10.0 Å². The van der Waals surface area contributed by atoms with Gasteiger partial charge in [-0.05, 0) is 64.6 Å². The highest BCUT2D eigenvalue weighted by molar-refractivity contribution is 14.1. The van der Waals surface area contributed by atoms with Gasteiger partial charge in [-0.15, -0.1) is 0 Å². The number of nitrogens with one attached hydrogen (secondary N) is 1. The van der Waals surface area contributed by atoms with Crippen molar-refractivity contribution in [3.63, 3.8) is 0 Å². The van der Waals surface area contributed by atoms with Gasteiger partial charge in [-0.25, -0.2) is 13.1 Å². The van der Waals surface area contributed by atoms with Crippen molar-refractivity contribution >= 4 is 48.5 Å². The summed E-state index contributed by atoms with van der Waals surface area (Å²) in [4.78, 5) is 0.282. The lowest BCUT2D eigenvalue weighted by atomic mass is 10.2. The van der Waals surface area contributed by atoms with Crippen LogP contribution in [-0.2, 0) is 16.6 Å². The minimum Gasteiger partial charge on any atom is -0.207 e. The lowest BCUT2D eigenvalue weighted by molar-refractivity contribution is 0.581. The van der Waals surface area contributed by atoms with E-state index in [9.17, 15) is 8.42 Å². The first-order valence-electron chi connectivity index (χ1n) is 5.47. The van der Waals surface area contributed by atoms with Gasteiger partial charge in [-0.1, -0.05) is 28.1 Å². The molecule has 3 nitrogen and oxygen atoms in total. The zero-order valence-corrected chi connectivity index (χ0v) is 14.4. The summed E-state index contributed by atoms with van der Waals surface area (Å²) in [6.07, 6.45) is 0. The Morgan fingerprint density at radius 2 is 1.58 bits per heavy atom. The van der Waals surface area contributed by atoms with Gasteiger partial charge >= 0.3 is 0 Å². The van der Waals surface area contributed by atoms with Gasteiger partial charge in [0, 0.05) is 14.6 Å². The number of hydrogen-bond donors (Lipinski definition) is 1. The topological polar surface area (TPSA) is 46.2 Å². The molecule has 100 valence electrons. The zero-order valence-electron chi connectivity index (χ0n) is 9.81. The fourth-order valence-corrected chi connectivity index (χ4v) is 3.12. The molecule has 0 aliphatic rings. The van der Waals surface area contributed by atoms with Gasteiger partial charge in [0.25, 0.3) is 0 Å². The molecule has 19 heavy (non-hydrogen) atoms. The quantitative estimate of drug-likeness (QED) is 0.722. The molecule has 0 aliphatic heterocycles. The van der Waals surface area contributed by atoms with Crippen molar-refractivity contribution in [3.8, 4) is 0 Å². The Morgan fingerprint density at radius 3 is 2.16 bits per heavy atom. The van der Waals surface area contributed by atoms with Gasteiger partial charge in [-0.2, -0.15) is 0 Å². The van der Waals surface area contributed by atoms with E-state index in [4.69, 9.17) is 0 Å². The van der Waals surface area contributed by atoms with Crippen molar-refractivity contribution in [2.24, 2.45) is 0 Å². The molecule has 2 aromatic rings. The number of rotatable bonds is 4. The fraction of sp³-hybridized carbons (Fsp3) is 0.0769. The van der Waals surface area contributed by atoms with E-state index in [1.165, 1.54) is 0 Å². The molecule has 0 spiro atoms. The summed E-state index contributed by atoms with van der Waals surface area (Å²) < 4.78 is 28.7. The van der Waals surface area contributed by atoms with Crippen LogP contribution in [0.25, 0.3) is 0 Å². The van der Waals surface area contributed by atoms with Crippen molar-refractivity contribution in [1.29, 1.82) is 0 Å². The van der Waals surface area contributed by atoms with Gasteiger partial charge in [-0.3, -0.25) is 0 Å². The minimum absolute atomic E-state index is 0.279. The normalized spacial score (nSPS) is 11.5. The molecule has 2 rings (SSSR count). The molecule has 2 aromatic carbocycles. The Morgan fingerprint density at radius 1 is 1.00 bits per heavy atom. The number of hydrogen-bond acceptors (Lipinski definition) is 2. The SMILES string of the molecule is O=S(=O)(NCc1ccc(Br)cc1)c1ccc(I)cc1. The highest BCUT2D eigenvalue weighted by Gasteiger charge is 2.12. The van der Waals surface area contributed by atoms with Crippen LogP contribution >= 0.6 is 38.5 Å². The van der Waals surface area contributed by atoms with Crippen LogP contribution in [0, 0.1) is 3.57 Å². The molecule has 0 unspecified atom stereocenters. The van der Waals surface area contributed by atoms with E-state index in [1.54, 1.807) is 24.3 Å². The highest BCUT2D eigenvalue weighted by atomic mass is 127. The third-order valence-electron chi connectivity index (χ3n) is 2.50. The van der Waals surface area contributed by atoms with Crippen LogP contribution in [0.1, 0.15) is 5.56 Å². The van der Waals surface area contributed by atoms with Crippen LogP contribution in [0.5, 0.6) is 0 Å². The van der Waals surface area contributed by atoms with Crippen molar-refractivity contribution in [1.82, 2.24) is 4.72 Å². The average molecular weight is 452 g/mol. The van der Waals surface area contributed by atoms with Crippen LogP contribution in [0.15, 0.2) is 57.9 Å². The second-order valence-electron chi connectivity index (χ2n) is 3.90. The molecule has 0 radical (unpaired) electrons. The Hall–Kier alpha value is -0.440. The monoisotopic (exact) mass is 451 g/mol. The maximum atomic E-state index is 12.1. The molecule has 0 saturated heterocycles. The highest BCUT2D eigenvalue weighted by Crippen LogP contribution is 2.14. The van der Waals surface area contributed by atoms with Crippen LogP contribution in [0.3, 0.4) is 0 Å². The summed E-state index contributed by atoms with van der Waals surface area (Å²) in [6.45, 7) is 0.279. The van der Waals surface area contributed by atoms with Crippen molar-refractivity contribution in [2.75, 3.05) is 0 Å². The largest absolute Gasteiger partial charge is 0.240 e. The number of benzene rings is 2. The van der Waals surface area contributed by atoms with Gasteiger partial charge in [0.05, 0.1) is 4.90 Å². The van der Waals surface area contributed by atoms with E-state index in [1.807, 2.05) is 24.3 Å². The predicted octanol–water partition coefficient (Wildman–Crippen LogP) is 3.53. The van der Waals surface area contributed by atoms with Gasteiger partial charge in [0.2, 0.25) is 10.0 Å². The maximum absolute atomic E-state index is 12.1. The van der Waals surface area contributed by atoms with Crippen LogP contribution in [0.2, 0.25) is 0 Å². The van der Waals surface area contributed by atoms with Crippen molar-refractivity contribution in [3.05, 3.63) is 62.1 Å². The van der Waals surface area contributed by atoms with Crippen LogP contribution < -0.4 is 4.72 Å². The Labute approximate surface area is 134 Å². The molecule has 0 aliphatic carbocycles. The van der Waals surface area contributed by atoms with Crippen LogP contribution in [-0.4, -0.2) is 8.42 Å². The van der Waals surface area contributed by atoms with E-state index in [-0.39, 0.29) is 11.4 Å². The molecule has 0 atom stereocenters. The van der Waals surface area contributed by atoms with Gasteiger partial charge in [0.15, 0.2) is 0 Å². The molecular weight excluding hydrogens is 441 g/mol. The van der Waals surface area contributed by atoms with Crippen molar-refractivity contribution in [2.45, 2.75) is 11.4 Å². The Bertz CT molecular complexity index is 654. The molecule has 0 amide bonds. The summed E-state index contributed by atoms with van der Waals surface area (Å²) in [7, 11) is -3.45. The summed E-state index contributed by atoms with van der Waals surface area (Å²) in [5, 5.41) is 0. The van der Waals surface area contributed by atoms with Gasteiger partial charge < -0.3 is 0 Å². The average Bonchev–Trinajstić information content (AvgIpc) is 2.39. The molecular formula is C13H11BrINO2S. The second kappa shape index (κ2) is 6.34. The third-order valence-corrected chi connectivity index (χ3v) is 5.17. The third kappa shape index (κ3) is 4.27. The fourth-order valence-electron chi connectivity index (χ4n) is 1.48. The second-order valence-corrected chi connectivity index (χ2v) is 7.83. The minimum atomic E-state index is -3.45. The molecule has 0 aromatic heterocycles. The van der Waals surface area contributed by atoms with Crippen molar-refractivity contribution < 1.29 is 8.42 Å². The van der Waals surface area contributed by atoms with Crippen LogP contribution in [0.4, 0.5) is 0 Å². The first kappa shape index (κ1) is 15.0. The predicted molar refractivity (Wildman–Crippen MR) is 87.3 cm³/mol. The lowest BCUT2D eigenvalue weighted by Crippen LogP contribution is -2.23. The maximum Gasteiger partial charge on any atom is 0.240 e. The van der Waals surface area contributed by atoms with Gasteiger partial charge in [0.1, 0.15) is 0 Å². The van der Waals surface area contributed by atoms with E-state index in [2.05, 4.69) is 43.2 Å². The van der Waals surface area contributed by atoms with E-state index >= 15 is 0 Å². The lowest BCUT2D eigenvalue weighted by Gasteiger charge is -2.07. The number of halogens is 2. The summed E-state index contributed by atoms with van der Waals surface area (Å²) in [5.74, 6) is 0. The molecule has 0 saturated carbocycles. The van der Waals surface area contributed by atoms with E-state index in [0.29, 0.717) is 0 Å². The standard InChI is InChI=1S/C13H11BrINO2S/c14-11-3-1-10(2-4-11)9-16-19(17,18)13-7-5-12(15)6-8-13/h1-8,16H,9H2. The summed E-state index contributed by atoms with van der Waals surface area (Å²) >= 11 is 5.48. The Kier molecular flexibility index (Phi) is 4.99. The molecule has 0 heterocycles. The molecule has 6 heteroatoms. The zero-order chi connectivity index (χ0) is 13.9. The molecule has 0 fully saturated rings. The Balaban J connectivity index is 2.09. The molecule has 1 N–H and O–H groups in total. The summed E-state index contributed by atoms with van der Waals surface area (Å²) in [5.41, 5.74) is 0.914. The smallest absolute Gasteiger partial charge is 0.207 e. The first-order chi connectivity index (χ1) is 8.97. The van der Waals surface area contributed by atoms with E-state index in [0.717, 1.165) is 13.6 Å². The summed E-state index contributed by atoms with van der Waals surface area (Å²) in [6, 6.07) is 14.3.